The molecule has 1 rings (SSSR count). The summed E-state index contributed by atoms with van der Waals surface area (Å²) in [6, 6.07) is 0.159. The second-order valence-corrected chi connectivity index (χ2v) is 3.69. The highest BCUT2D eigenvalue weighted by atomic mass is 16.5. The number of ether oxygens (including phenoxy) is 1. The van der Waals surface area contributed by atoms with Crippen molar-refractivity contribution in [2.24, 2.45) is 5.73 Å². The van der Waals surface area contributed by atoms with E-state index < -0.39 is 0 Å². The summed E-state index contributed by atoms with van der Waals surface area (Å²) in [5.74, 6) is 5.92. The van der Waals surface area contributed by atoms with E-state index in [0.717, 1.165) is 25.7 Å². The van der Waals surface area contributed by atoms with Crippen molar-refractivity contribution in [2.75, 3.05) is 7.11 Å². The highest BCUT2D eigenvalue weighted by Gasteiger charge is 2.42. The molecule has 2 heteroatoms. The zero-order valence-corrected chi connectivity index (χ0v) is 8.60. The van der Waals surface area contributed by atoms with Crippen LogP contribution in [0, 0.1) is 11.8 Å². The van der Waals surface area contributed by atoms with Crippen molar-refractivity contribution in [1.29, 1.82) is 0 Å². The standard InChI is InChI=1S/C11H19NO/c1-3-4-5-7-10(12)11(13-2)8-6-9-11/h10H,5-9,12H2,1-2H3. The largest absolute Gasteiger partial charge is 0.377 e. The maximum atomic E-state index is 6.07. The molecule has 1 atom stereocenters. The lowest BCUT2D eigenvalue weighted by Crippen LogP contribution is -2.54. The first-order valence-electron chi connectivity index (χ1n) is 4.95. The van der Waals surface area contributed by atoms with Crippen LogP contribution in [0.15, 0.2) is 0 Å². The minimum absolute atomic E-state index is 0.0184. The molecule has 0 bridgehead atoms. The smallest absolute Gasteiger partial charge is 0.0829 e. The quantitative estimate of drug-likeness (QED) is 0.670. The van der Waals surface area contributed by atoms with Crippen LogP contribution >= 0.6 is 0 Å². The number of rotatable bonds is 4. The first-order valence-corrected chi connectivity index (χ1v) is 4.95. The first kappa shape index (κ1) is 10.6. The second-order valence-electron chi connectivity index (χ2n) is 3.69. The van der Waals surface area contributed by atoms with E-state index in [9.17, 15) is 0 Å². The topological polar surface area (TPSA) is 35.2 Å². The summed E-state index contributed by atoms with van der Waals surface area (Å²) < 4.78 is 5.49. The van der Waals surface area contributed by atoms with E-state index in [0.29, 0.717) is 0 Å². The van der Waals surface area contributed by atoms with Gasteiger partial charge in [-0.25, -0.2) is 0 Å². The molecule has 1 unspecified atom stereocenters. The van der Waals surface area contributed by atoms with E-state index in [1.165, 1.54) is 6.42 Å². The minimum Gasteiger partial charge on any atom is -0.377 e. The van der Waals surface area contributed by atoms with E-state index in [1.807, 2.05) is 6.92 Å². The molecule has 0 aromatic carbocycles. The molecule has 0 heterocycles. The molecule has 13 heavy (non-hydrogen) atoms. The van der Waals surface area contributed by atoms with Gasteiger partial charge in [0.05, 0.1) is 5.60 Å². The summed E-state index contributed by atoms with van der Waals surface area (Å²) in [7, 11) is 1.77. The molecule has 0 aromatic heterocycles. The van der Waals surface area contributed by atoms with Gasteiger partial charge in [-0.15, -0.1) is 11.8 Å². The molecule has 0 aliphatic heterocycles. The van der Waals surface area contributed by atoms with Crippen molar-refractivity contribution in [1.82, 2.24) is 0 Å². The maximum absolute atomic E-state index is 6.07. The zero-order chi connectivity index (χ0) is 9.73. The van der Waals surface area contributed by atoms with Crippen LogP contribution in [-0.2, 0) is 4.74 Å². The Hall–Kier alpha value is -0.520. The summed E-state index contributed by atoms with van der Waals surface area (Å²) in [5.41, 5.74) is 6.05. The molecule has 0 amide bonds. The van der Waals surface area contributed by atoms with Gasteiger partial charge in [0.15, 0.2) is 0 Å². The summed E-state index contributed by atoms with van der Waals surface area (Å²) in [5, 5.41) is 0. The molecule has 2 nitrogen and oxygen atoms in total. The molecule has 1 aliphatic rings. The number of methoxy groups -OCH3 is 1. The Labute approximate surface area is 80.8 Å². The normalized spacial score (nSPS) is 21.2. The van der Waals surface area contributed by atoms with Crippen molar-refractivity contribution in [3.8, 4) is 11.8 Å². The predicted octanol–water partition coefficient (Wildman–Crippen LogP) is 1.69. The summed E-state index contributed by atoms with van der Waals surface area (Å²) in [6.07, 6.45) is 5.33. The van der Waals surface area contributed by atoms with Gasteiger partial charge < -0.3 is 10.5 Å². The van der Waals surface area contributed by atoms with Gasteiger partial charge in [0, 0.05) is 19.6 Å². The van der Waals surface area contributed by atoms with Gasteiger partial charge in [0.25, 0.3) is 0 Å². The highest BCUT2D eigenvalue weighted by Crippen LogP contribution is 2.38. The Morgan fingerprint density at radius 2 is 2.23 bits per heavy atom. The van der Waals surface area contributed by atoms with Crippen molar-refractivity contribution in [3.63, 3.8) is 0 Å². The summed E-state index contributed by atoms with van der Waals surface area (Å²) in [6.45, 7) is 1.86. The van der Waals surface area contributed by atoms with Crippen LogP contribution < -0.4 is 5.73 Å². The van der Waals surface area contributed by atoms with Gasteiger partial charge in [-0.3, -0.25) is 0 Å². The molecule has 74 valence electrons. The van der Waals surface area contributed by atoms with E-state index in [-0.39, 0.29) is 11.6 Å². The predicted molar refractivity (Wildman–Crippen MR) is 54.3 cm³/mol. The monoisotopic (exact) mass is 181 g/mol. The molecular formula is C11H19NO. The fourth-order valence-electron chi connectivity index (χ4n) is 1.87. The summed E-state index contributed by atoms with van der Waals surface area (Å²) in [4.78, 5) is 0. The fraction of sp³-hybridized carbons (Fsp3) is 0.818. The lowest BCUT2D eigenvalue weighted by Gasteiger charge is -2.44. The lowest BCUT2D eigenvalue weighted by atomic mass is 9.73. The molecule has 0 spiro atoms. The third-order valence-corrected chi connectivity index (χ3v) is 3.04. The highest BCUT2D eigenvalue weighted by molar-refractivity contribution is 5.01. The van der Waals surface area contributed by atoms with E-state index >= 15 is 0 Å². The van der Waals surface area contributed by atoms with Crippen LogP contribution in [0.25, 0.3) is 0 Å². The Bertz CT molecular complexity index is 204. The van der Waals surface area contributed by atoms with Crippen LogP contribution in [0.1, 0.15) is 39.0 Å². The SMILES string of the molecule is CC#CCCC(N)C1(OC)CCC1. The van der Waals surface area contributed by atoms with Crippen LogP contribution in [0.3, 0.4) is 0 Å². The fourth-order valence-corrected chi connectivity index (χ4v) is 1.87. The second kappa shape index (κ2) is 4.64. The van der Waals surface area contributed by atoms with Crippen molar-refractivity contribution >= 4 is 0 Å². The van der Waals surface area contributed by atoms with Crippen molar-refractivity contribution in [3.05, 3.63) is 0 Å². The van der Waals surface area contributed by atoms with Gasteiger partial charge in [0.1, 0.15) is 0 Å². The van der Waals surface area contributed by atoms with Crippen LogP contribution in [0.2, 0.25) is 0 Å². The summed E-state index contributed by atoms with van der Waals surface area (Å²) >= 11 is 0. The molecule has 0 radical (unpaired) electrons. The maximum Gasteiger partial charge on any atom is 0.0829 e. The molecular weight excluding hydrogens is 162 g/mol. The molecule has 0 saturated heterocycles. The average Bonchev–Trinajstić information content (AvgIpc) is 2.04. The Morgan fingerprint density at radius 3 is 2.62 bits per heavy atom. The minimum atomic E-state index is -0.0184. The van der Waals surface area contributed by atoms with Gasteiger partial charge in [-0.05, 0) is 32.6 Å². The molecule has 1 saturated carbocycles. The first-order chi connectivity index (χ1) is 6.25. The number of hydrogen-bond acceptors (Lipinski definition) is 2. The van der Waals surface area contributed by atoms with Crippen LogP contribution in [0.5, 0.6) is 0 Å². The van der Waals surface area contributed by atoms with E-state index in [4.69, 9.17) is 10.5 Å². The molecule has 1 aliphatic carbocycles. The van der Waals surface area contributed by atoms with Gasteiger partial charge in [-0.1, -0.05) is 0 Å². The molecule has 1 fully saturated rings. The number of nitrogens with two attached hydrogens (primary N) is 1. The van der Waals surface area contributed by atoms with Gasteiger partial charge in [-0.2, -0.15) is 0 Å². The Morgan fingerprint density at radius 1 is 1.54 bits per heavy atom. The average molecular weight is 181 g/mol. The molecule has 0 aromatic rings. The number of hydrogen-bond donors (Lipinski definition) is 1. The third-order valence-electron chi connectivity index (χ3n) is 3.04. The van der Waals surface area contributed by atoms with Gasteiger partial charge in [0.2, 0.25) is 0 Å². The Balaban J connectivity index is 2.35. The Kier molecular flexibility index (Phi) is 3.77. The van der Waals surface area contributed by atoms with E-state index in [2.05, 4.69) is 11.8 Å². The van der Waals surface area contributed by atoms with Crippen molar-refractivity contribution < 1.29 is 4.74 Å². The van der Waals surface area contributed by atoms with Crippen molar-refractivity contribution in [2.45, 2.75) is 50.7 Å². The van der Waals surface area contributed by atoms with E-state index in [1.54, 1.807) is 7.11 Å². The lowest BCUT2D eigenvalue weighted by molar-refractivity contribution is -0.0910. The van der Waals surface area contributed by atoms with Crippen LogP contribution in [-0.4, -0.2) is 18.8 Å². The molecule has 2 N–H and O–H groups in total. The zero-order valence-electron chi connectivity index (χ0n) is 8.60. The third kappa shape index (κ3) is 2.24. The van der Waals surface area contributed by atoms with Crippen LogP contribution in [0.4, 0.5) is 0 Å². The van der Waals surface area contributed by atoms with Gasteiger partial charge >= 0.3 is 0 Å².